The van der Waals surface area contributed by atoms with Gasteiger partial charge in [0, 0.05) is 18.1 Å². The van der Waals surface area contributed by atoms with Gasteiger partial charge < -0.3 is 10.6 Å². The van der Waals surface area contributed by atoms with Crippen LogP contribution in [0, 0.1) is 5.82 Å². The van der Waals surface area contributed by atoms with Crippen molar-refractivity contribution in [3.05, 3.63) is 59.9 Å². The third kappa shape index (κ3) is 3.27. The van der Waals surface area contributed by atoms with Crippen LogP contribution in [0.3, 0.4) is 0 Å². The molecular weight excluding hydrogens is 357 g/mol. The molecule has 0 atom stereocenters. The minimum Gasteiger partial charge on any atom is -0.336 e. The second-order valence-electron chi connectivity index (χ2n) is 5.55. The quantitative estimate of drug-likeness (QED) is 0.528. The molecule has 9 heteroatoms. The number of hydrogen-bond acceptors (Lipinski definition) is 6. The standard InChI is InChI=1S/C17H13ClFN7/c1-26-14-4-2-11(6-10(14)7-22-26)24-17-21-9-13(19)16(25-17)23-12-3-5-15(18)20-8-12/h2-9H,1H3,(H2,21,23,24,25). The van der Waals surface area contributed by atoms with Crippen molar-refractivity contribution in [2.45, 2.75) is 0 Å². The normalized spacial score (nSPS) is 10.9. The van der Waals surface area contributed by atoms with Crippen LogP contribution in [0.5, 0.6) is 0 Å². The highest BCUT2D eigenvalue weighted by atomic mass is 35.5. The van der Waals surface area contributed by atoms with Crippen LogP contribution in [0.25, 0.3) is 10.9 Å². The molecule has 0 unspecified atom stereocenters. The van der Waals surface area contributed by atoms with E-state index in [1.165, 1.54) is 6.20 Å². The number of aromatic nitrogens is 5. The Hall–Kier alpha value is -3.26. The Kier molecular flexibility index (Phi) is 4.10. The lowest BCUT2D eigenvalue weighted by Gasteiger charge is -2.09. The van der Waals surface area contributed by atoms with Crippen LogP contribution in [0.15, 0.2) is 48.9 Å². The van der Waals surface area contributed by atoms with E-state index in [2.05, 4.69) is 30.7 Å². The zero-order chi connectivity index (χ0) is 18.1. The van der Waals surface area contributed by atoms with Crippen molar-refractivity contribution in [3.63, 3.8) is 0 Å². The molecule has 4 rings (SSSR count). The van der Waals surface area contributed by atoms with Gasteiger partial charge in [0.05, 0.1) is 29.8 Å². The van der Waals surface area contributed by atoms with Gasteiger partial charge in [-0.25, -0.2) is 14.4 Å². The molecule has 130 valence electrons. The summed E-state index contributed by atoms with van der Waals surface area (Å²) in [5.74, 6) is -0.277. The van der Waals surface area contributed by atoms with Gasteiger partial charge in [-0.3, -0.25) is 4.68 Å². The topological polar surface area (TPSA) is 80.5 Å². The number of fused-ring (bicyclic) bond motifs is 1. The summed E-state index contributed by atoms with van der Waals surface area (Å²) in [4.78, 5) is 12.1. The van der Waals surface area contributed by atoms with E-state index in [1.54, 1.807) is 23.0 Å². The van der Waals surface area contributed by atoms with Crippen molar-refractivity contribution in [2.75, 3.05) is 10.6 Å². The first-order valence-electron chi connectivity index (χ1n) is 7.68. The Labute approximate surface area is 152 Å². The highest BCUT2D eigenvalue weighted by Gasteiger charge is 2.09. The molecule has 7 nitrogen and oxygen atoms in total. The van der Waals surface area contributed by atoms with Crippen LogP contribution in [0.2, 0.25) is 5.15 Å². The number of nitrogens with zero attached hydrogens (tertiary/aromatic N) is 5. The lowest BCUT2D eigenvalue weighted by atomic mass is 10.2. The fraction of sp³-hybridized carbons (Fsp3) is 0.0588. The molecule has 0 amide bonds. The van der Waals surface area contributed by atoms with Gasteiger partial charge in [-0.15, -0.1) is 0 Å². The molecular formula is C17H13ClFN7. The van der Waals surface area contributed by atoms with Crippen LogP contribution in [-0.2, 0) is 7.05 Å². The van der Waals surface area contributed by atoms with E-state index in [4.69, 9.17) is 11.6 Å². The zero-order valence-electron chi connectivity index (χ0n) is 13.6. The maximum Gasteiger partial charge on any atom is 0.229 e. The van der Waals surface area contributed by atoms with Crippen molar-refractivity contribution in [1.29, 1.82) is 0 Å². The summed E-state index contributed by atoms with van der Waals surface area (Å²) >= 11 is 5.75. The predicted molar refractivity (Wildman–Crippen MR) is 98.5 cm³/mol. The number of anilines is 4. The van der Waals surface area contributed by atoms with Crippen LogP contribution in [0.4, 0.5) is 27.5 Å². The molecule has 26 heavy (non-hydrogen) atoms. The monoisotopic (exact) mass is 369 g/mol. The third-order valence-electron chi connectivity index (χ3n) is 3.74. The number of rotatable bonds is 4. The van der Waals surface area contributed by atoms with E-state index in [1.807, 2.05) is 25.2 Å². The lowest BCUT2D eigenvalue weighted by Crippen LogP contribution is -2.03. The molecule has 1 aromatic carbocycles. The number of nitrogens with one attached hydrogen (secondary N) is 2. The summed E-state index contributed by atoms with van der Waals surface area (Å²) in [6.07, 6.45) is 4.36. The minimum atomic E-state index is -0.576. The van der Waals surface area contributed by atoms with Gasteiger partial charge in [0.15, 0.2) is 11.6 Å². The fourth-order valence-electron chi connectivity index (χ4n) is 2.47. The van der Waals surface area contributed by atoms with E-state index in [0.717, 1.165) is 22.8 Å². The summed E-state index contributed by atoms with van der Waals surface area (Å²) in [6, 6.07) is 9.02. The maximum atomic E-state index is 14.0. The Balaban J connectivity index is 1.59. The molecule has 0 aliphatic heterocycles. The van der Waals surface area contributed by atoms with E-state index >= 15 is 0 Å². The Morgan fingerprint density at radius 2 is 1.85 bits per heavy atom. The summed E-state index contributed by atoms with van der Waals surface area (Å²) in [5.41, 5.74) is 2.35. The smallest absolute Gasteiger partial charge is 0.229 e. The molecule has 0 spiro atoms. The lowest BCUT2D eigenvalue weighted by molar-refractivity contribution is 0.619. The predicted octanol–water partition coefficient (Wildman–Crippen LogP) is 4.04. The van der Waals surface area contributed by atoms with E-state index in [-0.39, 0.29) is 11.8 Å². The van der Waals surface area contributed by atoms with Gasteiger partial charge in [-0.1, -0.05) is 11.6 Å². The van der Waals surface area contributed by atoms with Crippen molar-refractivity contribution < 1.29 is 4.39 Å². The van der Waals surface area contributed by atoms with E-state index < -0.39 is 5.82 Å². The second kappa shape index (κ2) is 6.57. The second-order valence-corrected chi connectivity index (χ2v) is 5.94. The molecule has 3 heterocycles. The Bertz CT molecular complexity index is 1080. The first-order chi connectivity index (χ1) is 12.6. The molecule has 0 aliphatic rings. The van der Waals surface area contributed by atoms with Crippen LogP contribution >= 0.6 is 11.6 Å². The fourth-order valence-corrected chi connectivity index (χ4v) is 2.58. The Morgan fingerprint density at radius 3 is 2.65 bits per heavy atom. The molecule has 0 aliphatic carbocycles. The van der Waals surface area contributed by atoms with Gasteiger partial charge in [0.25, 0.3) is 0 Å². The molecule has 0 saturated heterocycles. The van der Waals surface area contributed by atoms with E-state index in [0.29, 0.717) is 10.8 Å². The first-order valence-corrected chi connectivity index (χ1v) is 8.06. The van der Waals surface area contributed by atoms with Gasteiger partial charge in [0.1, 0.15) is 5.15 Å². The van der Waals surface area contributed by atoms with Crippen molar-refractivity contribution in [2.24, 2.45) is 7.05 Å². The van der Waals surface area contributed by atoms with Crippen LogP contribution in [-0.4, -0.2) is 24.7 Å². The molecule has 0 radical (unpaired) electrons. The summed E-state index contributed by atoms with van der Waals surface area (Å²) < 4.78 is 15.8. The number of benzene rings is 1. The van der Waals surface area contributed by atoms with Gasteiger partial charge in [-0.05, 0) is 30.3 Å². The summed E-state index contributed by atoms with van der Waals surface area (Å²) in [7, 11) is 1.88. The largest absolute Gasteiger partial charge is 0.336 e. The number of halogens is 2. The average Bonchev–Trinajstić information content (AvgIpc) is 3.00. The summed E-state index contributed by atoms with van der Waals surface area (Å²) in [5, 5.41) is 11.5. The molecule has 2 N–H and O–H groups in total. The molecule has 0 fully saturated rings. The minimum absolute atomic E-state index is 0.0362. The van der Waals surface area contributed by atoms with Gasteiger partial charge >= 0.3 is 0 Å². The van der Waals surface area contributed by atoms with Crippen LogP contribution < -0.4 is 10.6 Å². The number of aryl methyl sites for hydroxylation is 1. The zero-order valence-corrected chi connectivity index (χ0v) is 14.4. The molecule has 0 saturated carbocycles. The highest BCUT2D eigenvalue weighted by Crippen LogP contribution is 2.23. The van der Waals surface area contributed by atoms with Crippen molar-refractivity contribution in [3.8, 4) is 0 Å². The van der Waals surface area contributed by atoms with Crippen LogP contribution in [0.1, 0.15) is 0 Å². The average molecular weight is 370 g/mol. The van der Waals surface area contributed by atoms with Crippen molar-refractivity contribution >= 4 is 45.6 Å². The third-order valence-corrected chi connectivity index (χ3v) is 3.96. The highest BCUT2D eigenvalue weighted by molar-refractivity contribution is 6.29. The number of hydrogen-bond donors (Lipinski definition) is 2. The van der Waals surface area contributed by atoms with Gasteiger partial charge in [-0.2, -0.15) is 10.1 Å². The Morgan fingerprint density at radius 1 is 1.00 bits per heavy atom. The van der Waals surface area contributed by atoms with E-state index in [9.17, 15) is 4.39 Å². The molecule has 4 aromatic rings. The van der Waals surface area contributed by atoms with Crippen molar-refractivity contribution in [1.82, 2.24) is 24.7 Å². The SMILES string of the molecule is Cn1ncc2cc(Nc3ncc(F)c(Nc4ccc(Cl)nc4)n3)ccc21. The van der Waals surface area contributed by atoms with Gasteiger partial charge in [0.2, 0.25) is 5.95 Å². The summed E-state index contributed by atoms with van der Waals surface area (Å²) in [6.45, 7) is 0. The maximum absolute atomic E-state index is 14.0. The molecule has 3 aromatic heterocycles. The number of pyridine rings is 1. The first kappa shape index (κ1) is 16.2. The molecule has 0 bridgehead atoms.